The monoisotopic (exact) mass is 359 g/mol. The molecule has 0 bridgehead atoms. The van der Waals surface area contributed by atoms with Gasteiger partial charge in [0.15, 0.2) is 14.9 Å². The SMILES string of the molecule is Cc1ncc(C(=O)Nc2cccnc2S(C)(=O)=O)cc1C(F)(F)F. The lowest BCUT2D eigenvalue weighted by atomic mass is 10.1. The van der Waals surface area contributed by atoms with Gasteiger partial charge in [-0.25, -0.2) is 13.4 Å². The summed E-state index contributed by atoms with van der Waals surface area (Å²) in [7, 11) is -3.72. The summed E-state index contributed by atoms with van der Waals surface area (Å²) >= 11 is 0. The first-order valence-corrected chi connectivity index (χ1v) is 8.39. The van der Waals surface area contributed by atoms with E-state index in [2.05, 4.69) is 15.3 Å². The molecule has 2 rings (SSSR count). The second kappa shape index (κ2) is 6.19. The molecule has 0 aliphatic rings. The summed E-state index contributed by atoms with van der Waals surface area (Å²) in [6, 6.07) is 3.33. The number of anilines is 1. The molecule has 24 heavy (non-hydrogen) atoms. The Labute approximate surface area is 135 Å². The van der Waals surface area contributed by atoms with Gasteiger partial charge in [-0.15, -0.1) is 0 Å². The van der Waals surface area contributed by atoms with E-state index < -0.39 is 27.5 Å². The average molecular weight is 359 g/mol. The van der Waals surface area contributed by atoms with Crippen molar-refractivity contribution in [3.63, 3.8) is 0 Å². The normalized spacial score (nSPS) is 12.0. The Morgan fingerprint density at radius 2 is 1.92 bits per heavy atom. The van der Waals surface area contributed by atoms with Crippen LogP contribution in [0.3, 0.4) is 0 Å². The number of nitrogens with zero attached hydrogens (tertiary/aromatic N) is 2. The topological polar surface area (TPSA) is 89.0 Å². The number of aromatic nitrogens is 2. The number of nitrogens with one attached hydrogen (secondary N) is 1. The van der Waals surface area contributed by atoms with Gasteiger partial charge in [0.25, 0.3) is 5.91 Å². The van der Waals surface area contributed by atoms with Gasteiger partial charge in [-0.2, -0.15) is 13.2 Å². The molecule has 0 atom stereocenters. The molecular formula is C14H12F3N3O3S. The number of rotatable bonds is 3. The third kappa shape index (κ3) is 3.88. The van der Waals surface area contributed by atoms with Crippen molar-refractivity contribution in [3.05, 3.63) is 47.4 Å². The first-order valence-electron chi connectivity index (χ1n) is 6.50. The van der Waals surface area contributed by atoms with Crippen molar-refractivity contribution in [1.82, 2.24) is 9.97 Å². The fourth-order valence-corrected chi connectivity index (χ4v) is 2.69. The number of halogens is 3. The van der Waals surface area contributed by atoms with E-state index in [0.717, 1.165) is 12.5 Å². The summed E-state index contributed by atoms with van der Waals surface area (Å²) in [5, 5.41) is 1.86. The highest BCUT2D eigenvalue weighted by Crippen LogP contribution is 2.31. The van der Waals surface area contributed by atoms with Gasteiger partial charge in [-0.1, -0.05) is 0 Å². The van der Waals surface area contributed by atoms with Crippen LogP contribution >= 0.6 is 0 Å². The fourth-order valence-electron chi connectivity index (χ4n) is 1.92. The third-order valence-electron chi connectivity index (χ3n) is 3.03. The molecule has 0 fully saturated rings. The molecule has 0 radical (unpaired) electrons. The van der Waals surface area contributed by atoms with Crippen molar-refractivity contribution in [2.45, 2.75) is 18.1 Å². The molecule has 0 saturated carbocycles. The predicted octanol–water partition coefficient (Wildman–Crippen LogP) is 2.46. The Kier molecular flexibility index (Phi) is 4.61. The Morgan fingerprint density at radius 3 is 2.50 bits per heavy atom. The summed E-state index contributed by atoms with van der Waals surface area (Å²) in [6.07, 6.45) is -1.54. The van der Waals surface area contributed by atoms with Crippen LogP contribution in [0.1, 0.15) is 21.6 Å². The number of alkyl halides is 3. The summed E-state index contributed by atoms with van der Waals surface area (Å²) < 4.78 is 61.9. The molecule has 10 heteroatoms. The fraction of sp³-hybridized carbons (Fsp3) is 0.214. The molecule has 0 spiro atoms. The number of carbonyl (C=O) groups is 1. The summed E-state index contributed by atoms with van der Waals surface area (Å²) in [4.78, 5) is 19.4. The van der Waals surface area contributed by atoms with Gasteiger partial charge in [0, 0.05) is 24.3 Å². The molecule has 2 aromatic rings. The van der Waals surface area contributed by atoms with Crippen LogP contribution < -0.4 is 5.32 Å². The lowest BCUT2D eigenvalue weighted by Gasteiger charge is -2.12. The number of hydrogen-bond donors (Lipinski definition) is 1. The van der Waals surface area contributed by atoms with Crippen molar-refractivity contribution < 1.29 is 26.4 Å². The molecular weight excluding hydrogens is 347 g/mol. The predicted molar refractivity (Wildman–Crippen MR) is 79.3 cm³/mol. The highest BCUT2D eigenvalue weighted by Gasteiger charge is 2.33. The van der Waals surface area contributed by atoms with Gasteiger partial charge in [0.2, 0.25) is 0 Å². The van der Waals surface area contributed by atoms with Gasteiger partial charge < -0.3 is 5.32 Å². The lowest BCUT2D eigenvalue weighted by molar-refractivity contribution is -0.138. The molecule has 0 saturated heterocycles. The Bertz CT molecular complexity index is 896. The molecule has 0 unspecified atom stereocenters. The van der Waals surface area contributed by atoms with E-state index in [4.69, 9.17) is 0 Å². The van der Waals surface area contributed by atoms with E-state index in [9.17, 15) is 26.4 Å². The van der Waals surface area contributed by atoms with Gasteiger partial charge in [-0.05, 0) is 25.1 Å². The quantitative estimate of drug-likeness (QED) is 0.909. The lowest BCUT2D eigenvalue weighted by Crippen LogP contribution is -2.17. The number of aryl methyl sites for hydroxylation is 1. The standard InChI is InChI=1S/C14H12F3N3O3S/c1-8-10(14(15,16)17)6-9(7-19-8)12(21)20-11-4-3-5-18-13(11)24(2,22)23/h3-7H,1-2H3,(H,20,21). The van der Waals surface area contributed by atoms with Gasteiger partial charge in [0.1, 0.15) is 0 Å². The van der Waals surface area contributed by atoms with Crippen molar-refractivity contribution in [2.75, 3.05) is 11.6 Å². The Hall–Kier alpha value is -2.49. The minimum absolute atomic E-state index is 0.126. The molecule has 128 valence electrons. The van der Waals surface area contributed by atoms with E-state index in [1.807, 2.05) is 0 Å². The third-order valence-corrected chi connectivity index (χ3v) is 4.05. The van der Waals surface area contributed by atoms with Crippen LogP contribution in [0.25, 0.3) is 0 Å². The first kappa shape index (κ1) is 17.9. The zero-order valence-corrected chi connectivity index (χ0v) is 13.4. The van der Waals surface area contributed by atoms with Crippen LogP contribution in [0.15, 0.2) is 35.6 Å². The smallest absolute Gasteiger partial charge is 0.319 e. The average Bonchev–Trinajstić information content (AvgIpc) is 2.45. The first-order chi connectivity index (χ1) is 11.0. The van der Waals surface area contributed by atoms with Crippen LogP contribution in [0, 0.1) is 6.92 Å². The summed E-state index contributed by atoms with van der Waals surface area (Å²) in [5.74, 6) is -0.925. The summed E-state index contributed by atoms with van der Waals surface area (Å²) in [5.41, 5.74) is -1.78. The van der Waals surface area contributed by atoms with Gasteiger partial charge >= 0.3 is 6.18 Å². The van der Waals surface area contributed by atoms with E-state index >= 15 is 0 Å². The molecule has 0 aliphatic carbocycles. The van der Waals surface area contributed by atoms with E-state index in [0.29, 0.717) is 6.07 Å². The minimum atomic E-state index is -4.65. The minimum Gasteiger partial charge on any atom is -0.319 e. The molecule has 0 aromatic carbocycles. The number of pyridine rings is 2. The van der Waals surface area contributed by atoms with E-state index in [-0.39, 0.29) is 22.0 Å². The van der Waals surface area contributed by atoms with Crippen molar-refractivity contribution >= 4 is 21.4 Å². The van der Waals surface area contributed by atoms with Crippen LogP contribution in [0.2, 0.25) is 0 Å². The Morgan fingerprint density at radius 1 is 1.25 bits per heavy atom. The van der Waals surface area contributed by atoms with Crippen molar-refractivity contribution in [1.29, 1.82) is 0 Å². The van der Waals surface area contributed by atoms with E-state index in [1.54, 1.807) is 0 Å². The molecule has 1 N–H and O–H groups in total. The number of amides is 1. The van der Waals surface area contributed by atoms with Crippen molar-refractivity contribution in [2.24, 2.45) is 0 Å². The van der Waals surface area contributed by atoms with Crippen LogP contribution in [-0.2, 0) is 16.0 Å². The molecule has 2 heterocycles. The van der Waals surface area contributed by atoms with Gasteiger partial charge in [0.05, 0.1) is 16.8 Å². The summed E-state index contributed by atoms with van der Waals surface area (Å²) in [6.45, 7) is 1.17. The highest BCUT2D eigenvalue weighted by atomic mass is 32.2. The van der Waals surface area contributed by atoms with Crippen LogP contribution in [-0.4, -0.2) is 30.5 Å². The Balaban J connectivity index is 2.39. The largest absolute Gasteiger partial charge is 0.418 e. The van der Waals surface area contributed by atoms with Crippen molar-refractivity contribution in [3.8, 4) is 0 Å². The molecule has 2 aromatic heterocycles. The zero-order chi connectivity index (χ0) is 18.1. The van der Waals surface area contributed by atoms with Crippen LogP contribution in [0.4, 0.5) is 18.9 Å². The maximum absolute atomic E-state index is 12.9. The number of hydrogen-bond acceptors (Lipinski definition) is 5. The highest BCUT2D eigenvalue weighted by molar-refractivity contribution is 7.90. The molecule has 6 nitrogen and oxygen atoms in total. The zero-order valence-electron chi connectivity index (χ0n) is 12.5. The second-order valence-electron chi connectivity index (χ2n) is 4.94. The van der Waals surface area contributed by atoms with E-state index in [1.165, 1.54) is 25.3 Å². The number of carbonyl (C=O) groups excluding carboxylic acids is 1. The second-order valence-corrected chi connectivity index (χ2v) is 6.87. The number of sulfone groups is 1. The maximum atomic E-state index is 12.9. The molecule has 0 aliphatic heterocycles. The van der Waals surface area contributed by atoms with Crippen LogP contribution in [0.5, 0.6) is 0 Å². The van der Waals surface area contributed by atoms with Gasteiger partial charge in [-0.3, -0.25) is 9.78 Å². The maximum Gasteiger partial charge on any atom is 0.418 e. The molecule has 1 amide bonds.